The fourth-order valence-corrected chi connectivity index (χ4v) is 4.94. The highest BCUT2D eigenvalue weighted by atomic mass is 35.5. The molecule has 2 aromatic rings. The third-order valence-electron chi connectivity index (χ3n) is 4.78. The first-order chi connectivity index (χ1) is 14.0. The lowest BCUT2D eigenvalue weighted by Gasteiger charge is -2.26. The van der Waals surface area contributed by atoms with Crippen LogP contribution in [-0.2, 0) is 21.4 Å². The first-order valence-corrected chi connectivity index (χ1v) is 11.5. The van der Waals surface area contributed by atoms with E-state index in [1.807, 2.05) is 30.3 Å². The largest absolute Gasteiger partial charge is 0.375 e. The van der Waals surface area contributed by atoms with Gasteiger partial charge in [-0.2, -0.15) is 4.31 Å². The minimum absolute atomic E-state index is 0.0919. The smallest absolute Gasteiger partial charge is 0.252 e. The SMILES string of the molecule is O=C(NCCOCc1ccccc1)c1cc(S(=O)(=O)N2CCCCC2)ccc1Cl. The summed E-state index contributed by atoms with van der Waals surface area (Å²) in [5, 5.41) is 2.94. The molecule has 1 amide bonds. The van der Waals surface area contributed by atoms with Crippen LogP contribution in [0.1, 0.15) is 35.2 Å². The van der Waals surface area contributed by atoms with Gasteiger partial charge in [0, 0.05) is 19.6 Å². The molecular formula is C21H25ClN2O4S. The Labute approximate surface area is 176 Å². The van der Waals surface area contributed by atoms with Gasteiger partial charge in [-0.15, -0.1) is 0 Å². The molecule has 6 nitrogen and oxygen atoms in total. The maximum atomic E-state index is 12.8. The molecule has 1 aliphatic rings. The first-order valence-electron chi connectivity index (χ1n) is 9.68. The van der Waals surface area contributed by atoms with Gasteiger partial charge in [-0.05, 0) is 36.6 Å². The summed E-state index contributed by atoms with van der Waals surface area (Å²) in [5.74, 6) is -0.422. The fourth-order valence-electron chi connectivity index (χ4n) is 3.19. The van der Waals surface area contributed by atoms with Gasteiger partial charge >= 0.3 is 0 Å². The highest BCUT2D eigenvalue weighted by Gasteiger charge is 2.27. The number of carbonyl (C=O) groups excluding carboxylic acids is 1. The lowest BCUT2D eigenvalue weighted by atomic mass is 10.2. The van der Waals surface area contributed by atoms with E-state index in [4.69, 9.17) is 16.3 Å². The molecule has 3 rings (SSSR count). The topological polar surface area (TPSA) is 75.7 Å². The molecule has 0 aliphatic carbocycles. The summed E-state index contributed by atoms with van der Waals surface area (Å²) in [6.07, 6.45) is 2.74. The van der Waals surface area contributed by atoms with Gasteiger partial charge in [0.2, 0.25) is 10.0 Å². The van der Waals surface area contributed by atoms with Crippen LogP contribution >= 0.6 is 11.6 Å². The molecular weight excluding hydrogens is 412 g/mol. The third kappa shape index (κ3) is 5.79. The zero-order valence-corrected chi connectivity index (χ0v) is 17.7. The van der Waals surface area contributed by atoms with Crippen LogP contribution in [0.25, 0.3) is 0 Å². The molecule has 29 heavy (non-hydrogen) atoms. The minimum atomic E-state index is -3.62. The Balaban J connectivity index is 1.58. The van der Waals surface area contributed by atoms with Gasteiger partial charge < -0.3 is 10.1 Å². The predicted octanol–water partition coefficient (Wildman–Crippen LogP) is 3.46. The van der Waals surface area contributed by atoms with E-state index in [0.717, 1.165) is 24.8 Å². The van der Waals surface area contributed by atoms with E-state index in [-0.39, 0.29) is 15.5 Å². The lowest BCUT2D eigenvalue weighted by Crippen LogP contribution is -2.35. The van der Waals surface area contributed by atoms with E-state index in [9.17, 15) is 13.2 Å². The number of nitrogens with zero attached hydrogens (tertiary/aromatic N) is 1. The molecule has 0 radical (unpaired) electrons. The number of sulfonamides is 1. The number of ether oxygens (including phenoxy) is 1. The van der Waals surface area contributed by atoms with Crippen LogP contribution in [-0.4, -0.2) is 44.9 Å². The lowest BCUT2D eigenvalue weighted by molar-refractivity contribution is 0.0901. The van der Waals surface area contributed by atoms with E-state index in [1.165, 1.54) is 22.5 Å². The quantitative estimate of drug-likeness (QED) is 0.643. The van der Waals surface area contributed by atoms with Crippen LogP contribution in [0.4, 0.5) is 0 Å². The van der Waals surface area contributed by atoms with Crippen molar-refractivity contribution in [2.24, 2.45) is 0 Å². The number of amides is 1. The Hall–Kier alpha value is -1.93. The van der Waals surface area contributed by atoms with Gasteiger partial charge in [0.1, 0.15) is 0 Å². The molecule has 156 valence electrons. The highest BCUT2D eigenvalue weighted by molar-refractivity contribution is 7.89. The van der Waals surface area contributed by atoms with Crippen molar-refractivity contribution in [1.82, 2.24) is 9.62 Å². The standard InChI is InChI=1S/C21H25ClN2O4S/c22-20-10-9-18(29(26,27)24-12-5-2-6-13-24)15-19(20)21(25)23-11-14-28-16-17-7-3-1-4-8-17/h1,3-4,7-10,15H,2,5-6,11-14,16H2,(H,23,25). The first kappa shape index (κ1) is 21.8. The monoisotopic (exact) mass is 436 g/mol. The third-order valence-corrected chi connectivity index (χ3v) is 7.00. The Kier molecular flexibility index (Phi) is 7.66. The summed E-state index contributed by atoms with van der Waals surface area (Å²) in [6, 6.07) is 14.0. The Morgan fingerprint density at radius 2 is 1.79 bits per heavy atom. The van der Waals surface area contributed by atoms with Gasteiger partial charge in [0.05, 0.1) is 28.7 Å². The van der Waals surface area contributed by atoms with E-state index in [0.29, 0.717) is 32.8 Å². The van der Waals surface area contributed by atoms with Crippen molar-refractivity contribution in [2.75, 3.05) is 26.2 Å². The van der Waals surface area contributed by atoms with Gasteiger partial charge in [-0.1, -0.05) is 48.4 Å². The molecule has 1 aliphatic heterocycles. The molecule has 0 bridgehead atoms. The van der Waals surface area contributed by atoms with Crippen LogP contribution in [0, 0.1) is 0 Å². The zero-order chi connectivity index (χ0) is 20.7. The average Bonchev–Trinajstić information content (AvgIpc) is 2.75. The van der Waals surface area contributed by atoms with E-state index in [1.54, 1.807) is 0 Å². The van der Waals surface area contributed by atoms with Crippen molar-refractivity contribution in [2.45, 2.75) is 30.8 Å². The maximum Gasteiger partial charge on any atom is 0.252 e. The number of carbonyl (C=O) groups is 1. The van der Waals surface area contributed by atoms with Crippen molar-refractivity contribution in [3.8, 4) is 0 Å². The van der Waals surface area contributed by atoms with Crippen LogP contribution < -0.4 is 5.32 Å². The van der Waals surface area contributed by atoms with E-state index >= 15 is 0 Å². The normalized spacial score (nSPS) is 15.2. The molecule has 0 saturated carbocycles. The summed E-state index contributed by atoms with van der Waals surface area (Å²) in [4.78, 5) is 12.6. The van der Waals surface area contributed by atoms with E-state index < -0.39 is 15.9 Å². The number of nitrogens with one attached hydrogen (secondary N) is 1. The van der Waals surface area contributed by atoms with Gasteiger partial charge in [-0.3, -0.25) is 4.79 Å². The number of benzene rings is 2. The van der Waals surface area contributed by atoms with Crippen LogP contribution in [0.15, 0.2) is 53.4 Å². The summed E-state index contributed by atoms with van der Waals surface area (Å²) in [5.41, 5.74) is 1.20. The molecule has 0 spiro atoms. The second kappa shape index (κ2) is 10.2. The van der Waals surface area contributed by atoms with Crippen LogP contribution in [0.3, 0.4) is 0 Å². The highest BCUT2D eigenvalue weighted by Crippen LogP contribution is 2.25. The van der Waals surface area contributed by atoms with Crippen molar-refractivity contribution < 1.29 is 17.9 Å². The predicted molar refractivity (Wildman–Crippen MR) is 112 cm³/mol. The van der Waals surface area contributed by atoms with Gasteiger partial charge in [-0.25, -0.2) is 8.42 Å². The summed E-state index contributed by atoms with van der Waals surface area (Å²) < 4.78 is 32.7. The number of hydrogen-bond acceptors (Lipinski definition) is 4. The molecule has 1 N–H and O–H groups in total. The second-order valence-electron chi connectivity index (χ2n) is 6.90. The van der Waals surface area contributed by atoms with E-state index in [2.05, 4.69) is 5.32 Å². The minimum Gasteiger partial charge on any atom is -0.375 e. The Bertz CT molecular complexity index is 929. The molecule has 1 saturated heterocycles. The summed E-state index contributed by atoms with van der Waals surface area (Å²) >= 11 is 6.15. The Morgan fingerprint density at radius 3 is 2.52 bits per heavy atom. The summed E-state index contributed by atoms with van der Waals surface area (Å²) in [7, 11) is -3.62. The number of hydrogen-bond donors (Lipinski definition) is 1. The fraction of sp³-hybridized carbons (Fsp3) is 0.381. The van der Waals surface area contributed by atoms with Crippen molar-refractivity contribution >= 4 is 27.5 Å². The van der Waals surface area contributed by atoms with Crippen molar-refractivity contribution in [3.05, 3.63) is 64.7 Å². The van der Waals surface area contributed by atoms with Crippen molar-refractivity contribution in [1.29, 1.82) is 0 Å². The summed E-state index contributed by atoms with van der Waals surface area (Å²) in [6.45, 7) is 2.10. The molecule has 8 heteroatoms. The number of halogens is 1. The molecule has 1 heterocycles. The Morgan fingerprint density at radius 1 is 1.07 bits per heavy atom. The molecule has 0 atom stereocenters. The van der Waals surface area contributed by atoms with Crippen LogP contribution in [0.2, 0.25) is 5.02 Å². The molecule has 0 unspecified atom stereocenters. The average molecular weight is 437 g/mol. The van der Waals surface area contributed by atoms with Crippen molar-refractivity contribution in [3.63, 3.8) is 0 Å². The molecule has 0 aromatic heterocycles. The van der Waals surface area contributed by atoms with Gasteiger partial charge in [0.15, 0.2) is 0 Å². The number of rotatable bonds is 8. The molecule has 2 aromatic carbocycles. The second-order valence-corrected chi connectivity index (χ2v) is 9.25. The maximum absolute atomic E-state index is 12.8. The zero-order valence-electron chi connectivity index (χ0n) is 16.1. The van der Waals surface area contributed by atoms with Gasteiger partial charge in [0.25, 0.3) is 5.91 Å². The number of piperidine rings is 1. The van der Waals surface area contributed by atoms with Crippen LogP contribution in [0.5, 0.6) is 0 Å². The molecule has 1 fully saturated rings.